The Kier molecular flexibility index (Phi) is 5.01. The summed E-state index contributed by atoms with van der Waals surface area (Å²) < 4.78 is 10.4. The van der Waals surface area contributed by atoms with E-state index >= 15 is 0 Å². The van der Waals surface area contributed by atoms with Gasteiger partial charge in [0.1, 0.15) is 18.1 Å². The van der Waals surface area contributed by atoms with Gasteiger partial charge in [-0.1, -0.05) is 0 Å². The number of carbonyl (C=O) groups is 1. The summed E-state index contributed by atoms with van der Waals surface area (Å²) in [6.07, 6.45) is 0. The van der Waals surface area contributed by atoms with Crippen LogP contribution in [0.5, 0.6) is 0 Å². The quantitative estimate of drug-likeness (QED) is 0.747. The number of hydrogen-bond donors (Lipinski definition) is 2. The van der Waals surface area contributed by atoms with Crippen molar-refractivity contribution in [1.82, 2.24) is 10.6 Å². The smallest absolute Gasteiger partial charge is 0.236 e. The van der Waals surface area contributed by atoms with Crippen molar-refractivity contribution in [3.8, 4) is 0 Å². The zero-order chi connectivity index (χ0) is 12.0. The molecule has 5 nitrogen and oxygen atoms in total. The standard InChI is InChI=1S/C11H18N2O3/c1-8(11(14)12-2)13-6-9-4-5-10(16-9)7-15-3/h4-5,8,13H,6-7H2,1-3H3,(H,12,14)/t8-/m1/s1. The van der Waals surface area contributed by atoms with Gasteiger partial charge in [-0.25, -0.2) is 0 Å². The van der Waals surface area contributed by atoms with Crippen LogP contribution in [-0.2, 0) is 22.7 Å². The van der Waals surface area contributed by atoms with Crippen LogP contribution < -0.4 is 10.6 Å². The first-order chi connectivity index (χ1) is 7.67. The minimum Gasteiger partial charge on any atom is -0.462 e. The summed E-state index contributed by atoms with van der Waals surface area (Å²) in [4.78, 5) is 11.2. The lowest BCUT2D eigenvalue weighted by Crippen LogP contribution is -2.40. The predicted octanol–water partition coefficient (Wildman–Crippen LogP) is 0.650. The van der Waals surface area contributed by atoms with E-state index in [0.717, 1.165) is 11.5 Å². The highest BCUT2D eigenvalue weighted by Gasteiger charge is 2.10. The monoisotopic (exact) mass is 226 g/mol. The van der Waals surface area contributed by atoms with Crippen LogP contribution in [0.25, 0.3) is 0 Å². The summed E-state index contributed by atoms with van der Waals surface area (Å²) in [5.41, 5.74) is 0. The van der Waals surface area contributed by atoms with Gasteiger partial charge >= 0.3 is 0 Å². The molecule has 16 heavy (non-hydrogen) atoms. The fourth-order valence-corrected chi connectivity index (χ4v) is 1.30. The molecule has 0 saturated carbocycles. The van der Waals surface area contributed by atoms with Crippen LogP contribution in [-0.4, -0.2) is 26.1 Å². The van der Waals surface area contributed by atoms with Gasteiger partial charge in [-0.15, -0.1) is 0 Å². The highest BCUT2D eigenvalue weighted by Crippen LogP contribution is 2.08. The number of methoxy groups -OCH3 is 1. The molecule has 1 aromatic rings. The van der Waals surface area contributed by atoms with Crippen LogP contribution in [0.3, 0.4) is 0 Å². The minimum absolute atomic E-state index is 0.0383. The Morgan fingerprint density at radius 2 is 2.19 bits per heavy atom. The summed E-state index contributed by atoms with van der Waals surface area (Å²) in [6, 6.07) is 3.50. The molecule has 0 fully saturated rings. The van der Waals surface area contributed by atoms with Gasteiger partial charge < -0.3 is 14.5 Å². The molecular weight excluding hydrogens is 208 g/mol. The Bertz CT molecular complexity index is 336. The minimum atomic E-state index is -0.235. The SMILES string of the molecule is CNC(=O)[C@@H](C)NCc1ccc(COC)o1. The average Bonchev–Trinajstić information content (AvgIpc) is 2.73. The highest BCUT2D eigenvalue weighted by atomic mass is 16.5. The molecule has 1 rings (SSSR count). The van der Waals surface area contributed by atoms with E-state index in [1.807, 2.05) is 12.1 Å². The van der Waals surface area contributed by atoms with Gasteiger partial charge in [0.25, 0.3) is 0 Å². The summed E-state index contributed by atoms with van der Waals surface area (Å²) >= 11 is 0. The number of nitrogens with one attached hydrogen (secondary N) is 2. The van der Waals surface area contributed by atoms with Gasteiger partial charge in [0.2, 0.25) is 5.91 Å². The number of hydrogen-bond acceptors (Lipinski definition) is 4. The van der Waals surface area contributed by atoms with Crippen LogP contribution in [0.15, 0.2) is 16.5 Å². The lowest BCUT2D eigenvalue weighted by Gasteiger charge is -2.10. The molecule has 0 spiro atoms. The van der Waals surface area contributed by atoms with Crippen molar-refractivity contribution in [3.05, 3.63) is 23.7 Å². The number of ether oxygens (including phenoxy) is 1. The Morgan fingerprint density at radius 1 is 1.50 bits per heavy atom. The maximum absolute atomic E-state index is 11.2. The largest absolute Gasteiger partial charge is 0.462 e. The molecule has 0 aliphatic rings. The van der Waals surface area contributed by atoms with Gasteiger partial charge in [-0.05, 0) is 19.1 Å². The van der Waals surface area contributed by atoms with E-state index in [4.69, 9.17) is 9.15 Å². The molecule has 0 radical (unpaired) electrons. The van der Waals surface area contributed by atoms with Crippen molar-refractivity contribution in [2.45, 2.75) is 26.1 Å². The second kappa shape index (κ2) is 6.30. The van der Waals surface area contributed by atoms with E-state index < -0.39 is 0 Å². The van der Waals surface area contributed by atoms with Crippen molar-refractivity contribution in [1.29, 1.82) is 0 Å². The molecular formula is C11H18N2O3. The fourth-order valence-electron chi connectivity index (χ4n) is 1.30. The van der Waals surface area contributed by atoms with Crippen molar-refractivity contribution in [2.24, 2.45) is 0 Å². The van der Waals surface area contributed by atoms with E-state index in [-0.39, 0.29) is 11.9 Å². The van der Waals surface area contributed by atoms with Crippen LogP contribution in [0.1, 0.15) is 18.4 Å². The third-order valence-electron chi connectivity index (χ3n) is 2.23. The third kappa shape index (κ3) is 3.67. The number of carbonyl (C=O) groups excluding carboxylic acids is 1. The molecule has 0 saturated heterocycles. The number of furan rings is 1. The van der Waals surface area contributed by atoms with E-state index in [0.29, 0.717) is 13.2 Å². The van der Waals surface area contributed by atoms with E-state index in [1.54, 1.807) is 21.1 Å². The van der Waals surface area contributed by atoms with Crippen molar-refractivity contribution >= 4 is 5.91 Å². The molecule has 0 aromatic carbocycles. The van der Waals surface area contributed by atoms with E-state index in [9.17, 15) is 4.79 Å². The van der Waals surface area contributed by atoms with Gasteiger partial charge in [0.05, 0.1) is 12.6 Å². The van der Waals surface area contributed by atoms with Crippen LogP contribution in [0.4, 0.5) is 0 Å². The van der Waals surface area contributed by atoms with E-state index in [2.05, 4.69) is 10.6 Å². The second-order valence-corrected chi connectivity index (χ2v) is 3.52. The maximum Gasteiger partial charge on any atom is 0.236 e. The van der Waals surface area contributed by atoms with Crippen LogP contribution >= 0.6 is 0 Å². The number of likely N-dealkylation sites (N-methyl/N-ethyl adjacent to an activating group) is 1. The molecule has 0 aliphatic carbocycles. The van der Waals surface area contributed by atoms with Crippen LogP contribution in [0.2, 0.25) is 0 Å². The number of amides is 1. The Labute approximate surface area is 95.2 Å². The summed E-state index contributed by atoms with van der Waals surface area (Å²) in [7, 11) is 3.23. The molecule has 0 unspecified atom stereocenters. The molecule has 90 valence electrons. The Hall–Kier alpha value is -1.33. The second-order valence-electron chi connectivity index (χ2n) is 3.52. The molecule has 2 N–H and O–H groups in total. The Balaban J connectivity index is 2.39. The lowest BCUT2D eigenvalue weighted by molar-refractivity contribution is -0.122. The molecule has 1 heterocycles. The third-order valence-corrected chi connectivity index (χ3v) is 2.23. The van der Waals surface area contributed by atoms with Gasteiger partial charge in [-0.3, -0.25) is 10.1 Å². The summed E-state index contributed by atoms with van der Waals surface area (Å²) in [5.74, 6) is 1.54. The molecule has 5 heteroatoms. The normalized spacial score (nSPS) is 12.4. The van der Waals surface area contributed by atoms with Gasteiger partial charge in [0.15, 0.2) is 0 Å². The topological polar surface area (TPSA) is 63.5 Å². The molecule has 1 amide bonds. The van der Waals surface area contributed by atoms with Crippen molar-refractivity contribution in [3.63, 3.8) is 0 Å². The maximum atomic E-state index is 11.2. The molecule has 1 atom stereocenters. The highest BCUT2D eigenvalue weighted by molar-refractivity contribution is 5.80. The summed E-state index contributed by atoms with van der Waals surface area (Å²) in [6.45, 7) is 2.79. The predicted molar refractivity (Wildman–Crippen MR) is 59.8 cm³/mol. The van der Waals surface area contributed by atoms with Gasteiger partial charge in [0, 0.05) is 14.2 Å². The average molecular weight is 226 g/mol. The summed E-state index contributed by atoms with van der Waals surface area (Å²) in [5, 5.41) is 5.63. The zero-order valence-electron chi connectivity index (χ0n) is 9.87. The number of rotatable bonds is 6. The van der Waals surface area contributed by atoms with Crippen molar-refractivity contribution in [2.75, 3.05) is 14.2 Å². The Morgan fingerprint density at radius 3 is 2.81 bits per heavy atom. The first kappa shape index (κ1) is 12.7. The zero-order valence-corrected chi connectivity index (χ0v) is 9.87. The van der Waals surface area contributed by atoms with E-state index in [1.165, 1.54) is 0 Å². The van der Waals surface area contributed by atoms with Gasteiger partial charge in [-0.2, -0.15) is 0 Å². The lowest BCUT2D eigenvalue weighted by atomic mass is 10.3. The van der Waals surface area contributed by atoms with Crippen molar-refractivity contribution < 1.29 is 13.9 Å². The van der Waals surface area contributed by atoms with Crippen LogP contribution in [0, 0.1) is 0 Å². The fraction of sp³-hybridized carbons (Fsp3) is 0.545. The molecule has 1 aromatic heterocycles. The first-order valence-corrected chi connectivity index (χ1v) is 5.19. The molecule has 0 bridgehead atoms. The molecule has 0 aliphatic heterocycles. The first-order valence-electron chi connectivity index (χ1n) is 5.19.